The summed E-state index contributed by atoms with van der Waals surface area (Å²) >= 11 is 0. The van der Waals surface area contributed by atoms with Gasteiger partial charge in [-0.25, -0.2) is 13.1 Å². The summed E-state index contributed by atoms with van der Waals surface area (Å²) in [6, 6.07) is 6.65. The Balaban J connectivity index is 2.33. The molecule has 0 radical (unpaired) electrons. The topological polar surface area (TPSA) is 76.0 Å². The summed E-state index contributed by atoms with van der Waals surface area (Å²) in [6.45, 7) is 6.33. The Morgan fingerprint density at radius 1 is 1.29 bits per heavy atom. The Hall–Kier alpha value is -1.86. The van der Waals surface area contributed by atoms with Crippen molar-refractivity contribution >= 4 is 21.4 Å². The van der Waals surface area contributed by atoms with E-state index >= 15 is 0 Å². The van der Waals surface area contributed by atoms with E-state index in [1.165, 1.54) is 0 Å². The molecule has 0 aliphatic rings. The Kier molecular flexibility index (Phi) is 4.64. The van der Waals surface area contributed by atoms with Crippen molar-refractivity contribution in [1.82, 2.24) is 14.5 Å². The molecule has 0 aliphatic heterocycles. The molecule has 0 amide bonds. The predicted octanol–water partition coefficient (Wildman–Crippen LogP) is 2.33. The SMILES string of the molecule is CCn1cc(Nc2ccccc2S(=O)(=O)NC(C)C)cn1. The number of para-hydroxylation sites is 1. The van der Waals surface area contributed by atoms with Crippen molar-refractivity contribution in [3.63, 3.8) is 0 Å². The van der Waals surface area contributed by atoms with Crippen molar-refractivity contribution in [1.29, 1.82) is 0 Å². The molecular formula is C14H20N4O2S. The highest BCUT2D eigenvalue weighted by molar-refractivity contribution is 7.89. The molecule has 6 nitrogen and oxygen atoms in total. The second kappa shape index (κ2) is 6.28. The summed E-state index contributed by atoms with van der Waals surface area (Å²) in [6.07, 6.45) is 3.50. The lowest BCUT2D eigenvalue weighted by Crippen LogP contribution is -2.30. The Bertz CT molecular complexity index is 707. The lowest BCUT2D eigenvalue weighted by molar-refractivity contribution is 0.570. The highest BCUT2D eigenvalue weighted by Crippen LogP contribution is 2.24. The molecule has 0 fully saturated rings. The molecule has 21 heavy (non-hydrogen) atoms. The zero-order valence-electron chi connectivity index (χ0n) is 12.4. The largest absolute Gasteiger partial charge is 0.352 e. The lowest BCUT2D eigenvalue weighted by Gasteiger charge is -2.14. The zero-order chi connectivity index (χ0) is 15.5. The first-order valence-corrected chi connectivity index (χ1v) is 8.31. The molecule has 0 bridgehead atoms. The van der Waals surface area contributed by atoms with Crippen LogP contribution in [-0.4, -0.2) is 24.2 Å². The van der Waals surface area contributed by atoms with Crippen LogP contribution in [0.4, 0.5) is 11.4 Å². The van der Waals surface area contributed by atoms with E-state index in [-0.39, 0.29) is 10.9 Å². The fourth-order valence-corrected chi connectivity index (χ4v) is 3.35. The average Bonchev–Trinajstić information content (AvgIpc) is 2.85. The minimum absolute atomic E-state index is 0.161. The van der Waals surface area contributed by atoms with E-state index in [2.05, 4.69) is 15.1 Å². The minimum atomic E-state index is -3.55. The van der Waals surface area contributed by atoms with Gasteiger partial charge < -0.3 is 5.32 Å². The third kappa shape index (κ3) is 3.83. The van der Waals surface area contributed by atoms with Gasteiger partial charge in [0.1, 0.15) is 4.90 Å². The third-order valence-corrected chi connectivity index (χ3v) is 4.52. The van der Waals surface area contributed by atoms with E-state index in [4.69, 9.17) is 0 Å². The summed E-state index contributed by atoms with van der Waals surface area (Å²) in [7, 11) is -3.55. The molecule has 1 heterocycles. The van der Waals surface area contributed by atoms with Crippen LogP contribution in [-0.2, 0) is 16.6 Å². The summed E-state index contributed by atoms with van der Waals surface area (Å²) in [5.41, 5.74) is 1.28. The number of rotatable bonds is 6. The lowest BCUT2D eigenvalue weighted by atomic mass is 10.3. The van der Waals surface area contributed by atoms with Gasteiger partial charge in [0.15, 0.2) is 0 Å². The molecule has 0 aliphatic carbocycles. The first-order chi connectivity index (χ1) is 9.92. The second-order valence-electron chi connectivity index (χ2n) is 4.98. The number of nitrogens with one attached hydrogen (secondary N) is 2. The number of hydrogen-bond acceptors (Lipinski definition) is 4. The van der Waals surface area contributed by atoms with Crippen molar-refractivity contribution in [3.05, 3.63) is 36.7 Å². The van der Waals surface area contributed by atoms with Crippen LogP contribution < -0.4 is 10.0 Å². The van der Waals surface area contributed by atoms with Crippen LogP contribution in [0.5, 0.6) is 0 Å². The van der Waals surface area contributed by atoms with Gasteiger partial charge in [-0.1, -0.05) is 12.1 Å². The van der Waals surface area contributed by atoms with Crippen LogP contribution in [0.3, 0.4) is 0 Å². The van der Waals surface area contributed by atoms with E-state index in [0.717, 1.165) is 12.2 Å². The second-order valence-corrected chi connectivity index (χ2v) is 6.66. The molecule has 0 saturated carbocycles. The fourth-order valence-electron chi connectivity index (χ4n) is 1.93. The first-order valence-electron chi connectivity index (χ1n) is 6.83. The Morgan fingerprint density at radius 3 is 2.62 bits per heavy atom. The van der Waals surface area contributed by atoms with Gasteiger partial charge in [0.05, 0.1) is 17.6 Å². The third-order valence-electron chi connectivity index (χ3n) is 2.80. The average molecular weight is 308 g/mol. The number of anilines is 2. The van der Waals surface area contributed by atoms with Crippen LogP contribution in [0.25, 0.3) is 0 Å². The number of benzene rings is 1. The summed E-state index contributed by atoms with van der Waals surface area (Å²) in [5.74, 6) is 0. The maximum Gasteiger partial charge on any atom is 0.242 e. The number of aryl methyl sites for hydroxylation is 1. The van der Waals surface area contributed by atoms with Gasteiger partial charge in [-0.15, -0.1) is 0 Å². The van der Waals surface area contributed by atoms with E-state index in [9.17, 15) is 8.42 Å². The zero-order valence-corrected chi connectivity index (χ0v) is 13.2. The van der Waals surface area contributed by atoms with Crippen molar-refractivity contribution in [2.75, 3.05) is 5.32 Å². The molecule has 0 unspecified atom stereocenters. The number of sulfonamides is 1. The minimum Gasteiger partial charge on any atom is -0.352 e. The van der Waals surface area contributed by atoms with Gasteiger partial charge in [-0.2, -0.15) is 5.10 Å². The van der Waals surface area contributed by atoms with Gasteiger partial charge in [0, 0.05) is 18.8 Å². The van der Waals surface area contributed by atoms with Gasteiger partial charge in [0.25, 0.3) is 0 Å². The Labute approximate surface area is 125 Å². The number of aromatic nitrogens is 2. The smallest absolute Gasteiger partial charge is 0.242 e. The first kappa shape index (κ1) is 15.5. The molecule has 1 aromatic carbocycles. The van der Waals surface area contributed by atoms with Gasteiger partial charge in [-0.3, -0.25) is 4.68 Å². The summed E-state index contributed by atoms with van der Waals surface area (Å²) in [4.78, 5) is 0.225. The monoisotopic (exact) mass is 308 g/mol. The van der Waals surface area contributed by atoms with Gasteiger partial charge in [0.2, 0.25) is 10.0 Å². The molecule has 0 atom stereocenters. The molecule has 1 aromatic heterocycles. The van der Waals surface area contributed by atoms with Crippen molar-refractivity contribution < 1.29 is 8.42 Å². The van der Waals surface area contributed by atoms with Gasteiger partial charge >= 0.3 is 0 Å². The quantitative estimate of drug-likeness (QED) is 0.859. The summed E-state index contributed by atoms with van der Waals surface area (Å²) < 4.78 is 29.0. The van der Waals surface area contributed by atoms with Crippen LogP contribution in [0.1, 0.15) is 20.8 Å². The molecule has 2 rings (SSSR count). The van der Waals surface area contributed by atoms with E-state index in [1.54, 1.807) is 49.0 Å². The molecule has 7 heteroatoms. The van der Waals surface area contributed by atoms with E-state index in [1.807, 2.05) is 13.1 Å². The molecule has 0 saturated heterocycles. The van der Waals surface area contributed by atoms with Crippen LogP contribution in [0.2, 0.25) is 0 Å². The van der Waals surface area contributed by atoms with Gasteiger partial charge in [-0.05, 0) is 32.9 Å². The normalized spacial score (nSPS) is 11.8. The predicted molar refractivity (Wildman–Crippen MR) is 83.1 cm³/mol. The van der Waals surface area contributed by atoms with Crippen LogP contribution in [0, 0.1) is 0 Å². The maximum atomic E-state index is 12.3. The molecule has 2 aromatic rings. The highest BCUT2D eigenvalue weighted by atomic mass is 32.2. The molecule has 2 N–H and O–H groups in total. The molecule has 114 valence electrons. The van der Waals surface area contributed by atoms with E-state index in [0.29, 0.717) is 5.69 Å². The van der Waals surface area contributed by atoms with Crippen molar-refractivity contribution in [2.24, 2.45) is 0 Å². The van der Waals surface area contributed by atoms with Crippen molar-refractivity contribution in [2.45, 2.75) is 38.3 Å². The maximum absolute atomic E-state index is 12.3. The number of nitrogens with zero attached hydrogens (tertiary/aromatic N) is 2. The van der Waals surface area contributed by atoms with E-state index < -0.39 is 10.0 Å². The highest BCUT2D eigenvalue weighted by Gasteiger charge is 2.19. The molecule has 0 spiro atoms. The fraction of sp³-hybridized carbons (Fsp3) is 0.357. The number of hydrogen-bond donors (Lipinski definition) is 2. The van der Waals surface area contributed by atoms with Crippen LogP contribution in [0.15, 0.2) is 41.6 Å². The van der Waals surface area contributed by atoms with Crippen LogP contribution >= 0.6 is 0 Å². The summed E-state index contributed by atoms with van der Waals surface area (Å²) in [5, 5.41) is 7.26. The standard InChI is InChI=1S/C14H20N4O2S/c1-4-18-10-12(9-15-18)16-13-7-5-6-8-14(13)21(19,20)17-11(2)3/h5-11,16-17H,4H2,1-3H3. The Morgan fingerprint density at radius 2 is 2.00 bits per heavy atom. The van der Waals surface area contributed by atoms with Crippen molar-refractivity contribution in [3.8, 4) is 0 Å². The molecular weight excluding hydrogens is 288 g/mol.